The molecule has 3 N–H and O–H groups in total. The number of nitrogens with one attached hydrogen (secondary N) is 1. The van der Waals surface area contributed by atoms with Gasteiger partial charge in [0, 0.05) is 18.5 Å². The fourth-order valence-corrected chi connectivity index (χ4v) is 2.07. The maximum atomic E-state index is 5.90. The van der Waals surface area contributed by atoms with Crippen molar-refractivity contribution in [3.05, 3.63) is 29.8 Å². The van der Waals surface area contributed by atoms with Crippen LogP contribution in [0.5, 0.6) is 5.75 Å². The highest BCUT2D eigenvalue weighted by Crippen LogP contribution is 2.31. The minimum absolute atomic E-state index is 0. The van der Waals surface area contributed by atoms with E-state index in [0.29, 0.717) is 5.96 Å². The largest absolute Gasteiger partial charge is 0.493 e. The summed E-state index contributed by atoms with van der Waals surface area (Å²) in [7, 11) is 0. The molecule has 106 valence electrons. The number of hydrogen-bond acceptors (Lipinski definition) is 2. The number of halogens is 1. The van der Waals surface area contributed by atoms with Crippen molar-refractivity contribution in [2.45, 2.75) is 32.2 Å². The van der Waals surface area contributed by atoms with Crippen molar-refractivity contribution in [1.29, 1.82) is 0 Å². The Kier molecular flexibility index (Phi) is 6.97. The normalized spacial score (nSPS) is 17.9. The summed E-state index contributed by atoms with van der Waals surface area (Å²) in [6.45, 7) is 3.66. The second kappa shape index (κ2) is 8.24. The number of rotatable bonds is 4. The van der Waals surface area contributed by atoms with E-state index in [4.69, 9.17) is 10.5 Å². The average molecular weight is 375 g/mol. The predicted molar refractivity (Wildman–Crippen MR) is 89.2 cm³/mol. The molecular weight excluding hydrogens is 353 g/mol. The van der Waals surface area contributed by atoms with Crippen molar-refractivity contribution in [3.8, 4) is 5.75 Å². The first-order valence-corrected chi connectivity index (χ1v) is 6.59. The molecule has 1 heterocycles. The van der Waals surface area contributed by atoms with E-state index in [1.165, 1.54) is 0 Å². The van der Waals surface area contributed by atoms with E-state index in [1.807, 2.05) is 18.2 Å². The van der Waals surface area contributed by atoms with Crippen LogP contribution in [-0.4, -0.2) is 19.1 Å². The van der Waals surface area contributed by atoms with Crippen molar-refractivity contribution in [1.82, 2.24) is 5.32 Å². The lowest BCUT2D eigenvalue weighted by atomic mass is 10.0. The number of benzene rings is 1. The number of guanidine groups is 1. The lowest BCUT2D eigenvalue weighted by molar-refractivity contribution is 0.262. The Morgan fingerprint density at radius 3 is 3.05 bits per heavy atom. The van der Waals surface area contributed by atoms with E-state index in [1.54, 1.807) is 0 Å². The summed E-state index contributed by atoms with van der Waals surface area (Å²) in [5.74, 6) is 1.48. The molecule has 1 unspecified atom stereocenters. The molecule has 0 bridgehead atoms. The van der Waals surface area contributed by atoms with Crippen LogP contribution in [0.2, 0.25) is 0 Å². The number of nitrogens with zero attached hydrogens (tertiary/aromatic N) is 1. The van der Waals surface area contributed by atoms with Crippen LogP contribution in [0.15, 0.2) is 29.3 Å². The molecule has 0 aliphatic carbocycles. The maximum absolute atomic E-state index is 5.90. The summed E-state index contributed by atoms with van der Waals surface area (Å²) in [5, 5.41) is 3.28. The van der Waals surface area contributed by atoms with Gasteiger partial charge in [-0.2, -0.15) is 0 Å². The highest BCUT2D eigenvalue weighted by atomic mass is 127. The fourth-order valence-electron chi connectivity index (χ4n) is 2.07. The van der Waals surface area contributed by atoms with E-state index in [0.717, 1.165) is 43.7 Å². The zero-order valence-corrected chi connectivity index (χ0v) is 13.6. The molecule has 0 radical (unpaired) electrons. The summed E-state index contributed by atoms with van der Waals surface area (Å²) in [5.41, 5.74) is 7.06. The molecule has 19 heavy (non-hydrogen) atoms. The first-order valence-electron chi connectivity index (χ1n) is 6.59. The van der Waals surface area contributed by atoms with Crippen LogP contribution in [0.25, 0.3) is 0 Å². The van der Waals surface area contributed by atoms with Gasteiger partial charge in [-0.1, -0.05) is 31.5 Å². The Morgan fingerprint density at radius 1 is 1.47 bits per heavy atom. The van der Waals surface area contributed by atoms with Gasteiger partial charge >= 0.3 is 0 Å². The highest BCUT2D eigenvalue weighted by molar-refractivity contribution is 14.0. The zero-order valence-electron chi connectivity index (χ0n) is 11.3. The van der Waals surface area contributed by atoms with Crippen LogP contribution in [0.4, 0.5) is 0 Å². The fraction of sp³-hybridized carbons (Fsp3) is 0.500. The van der Waals surface area contributed by atoms with Crippen molar-refractivity contribution < 1.29 is 4.74 Å². The number of nitrogens with two attached hydrogens (primary N) is 1. The smallest absolute Gasteiger partial charge is 0.189 e. The van der Waals surface area contributed by atoms with Gasteiger partial charge in [0.15, 0.2) is 5.96 Å². The first-order chi connectivity index (χ1) is 8.81. The molecule has 2 rings (SSSR count). The van der Waals surface area contributed by atoms with E-state index in [-0.39, 0.29) is 30.0 Å². The Balaban J connectivity index is 0.00000180. The standard InChI is InChI=1S/C14H21N3O.HI/c1-2-3-9-16-14(15)17-12-8-10-18-13-7-5-4-6-11(12)13;/h4-7,12H,2-3,8-10H2,1H3,(H3,15,16,17);1H. The van der Waals surface area contributed by atoms with Gasteiger partial charge in [0.25, 0.3) is 0 Å². The molecule has 5 heteroatoms. The lowest BCUT2D eigenvalue weighted by Gasteiger charge is -2.26. The van der Waals surface area contributed by atoms with E-state index < -0.39 is 0 Å². The molecule has 0 amide bonds. The Hall–Kier alpha value is -0.980. The molecule has 1 aliphatic heterocycles. The molecule has 1 aromatic rings. The minimum Gasteiger partial charge on any atom is -0.493 e. The summed E-state index contributed by atoms with van der Waals surface area (Å²) >= 11 is 0. The average Bonchev–Trinajstić information content (AvgIpc) is 2.39. The quantitative estimate of drug-likeness (QED) is 0.368. The lowest BCUT2D eigenvalue weighted by Crippen LogP contribution is -2.37. The van der Waals surface area contributed by atoms with Gasteiger partial charge in [-0.25, -0.2) is 0 Å². The van der Waals surface area contributed by atoms with Crippen LogP contribution in [0.1, 0.15) is 37.8 Å². The molecule has 0 aromatic heterocycles. The van der Waals surface area contributed by atoms with Gasteiger partial charge in [-0.15, -0.1) is 24.0 Å². The second-order valence-corrected chi connectivity index (χ2v) is 4.49. The van der Waals surface area contributed by atoms with Gasteiger partial charge in [-0.3, -0.25) is 4.99 Å². The highest BCUT2D eigenvalue weighted by Gasteiger charge is 2.20. The number of fused-ring (bicyclic) bond motifs is 1. The van der Waals surface area contributed by atoms with Crippen molar-refractivity contribution in [3.63, 3.8) is 0 Å². The molecule has 1 aromatic carbocycles. The molecule has 1 atom stereocenters. The second-order valence-electron chi connectivity index (χ2n) is 4.49. The number of para-hydroxylation sites is 1. The Morgan fingerprint density at radius 2 is 2.26 bits per heavy atom. The van der Waals surface area contributed by atoms with Gasteiger partial charge in [-0.05, 0) is 12.5 Å². The topological polar surface area (TPSA) is 59.6 Å². The van der Waals surface area contributed by atoms with Crippen LogP contribution in [0, 0.1) is 0 Å². The maximum Gasteiger partial charge on any atom is 0.189 e. The van der Waals surface area contributed by atoms with E-state index in [2.05, 4.69) is 23.3 Å². The van der Waals surface area contributed by atoms with Gasteiger partial charge in [0.1, 0.15) is 5.75 Å². The van der Waals surface area contributed by atoms with E-state index >= 15 is 0 Å². The number of ether oxygens (including phenoxy) is 1. The molecule has 0 saturated carbocycles. The third-order valence-corrected chi connectivity index (χ3v) is 3.07. The summed E-state index contributed by atoms with van der Waals surface area (Å²) in [6.07, 6.45) is 3.13. The van der Waals surface area contributed by atoms with Crippen molar-refractivity contribution >= 4 is 29.9 Å². The summed E-state index contributed by atoms with van der Waals surface area (Å²) in [4.78, 5) is 4.32. The molecule has 4 nitrogen and oxygen atoms in total. The van der Waals surface area contributed by atoms with Crippen LogP contribution >= 0.6 is 24.0 Å². The first kappa shape index (κ1) is 16.1. The van der Waals surface area contributed by atoms with E-state index in [9.17, 15) is 0 Å². The number of unbranched alkanes of at least 4 members (excludes halogenated alkanes) is 1. The SMILES string of the molecule is CCCCN=C(N)NC1CCOc2ccccc21.I. The predicted octanol–water partition coefficient (Wildman–Crippen LogP) is 2.83. The molecule has 0 saturated heterocycles. The molecule has 0 spiro atoms. The van der Waals surface area contributed by atoms with Crippen molar-refractivity contribution in [2.24, 2.45) is 10.7 Å². The third kappa shape index (κ3) is 4.56. The number of hydrogen-bond donors (Lipinski definition) is 2. The van der Waals surface area contributed by atoms with Gasteiger partial charge in [0.2, 0.25) is 0 Å². The summed E-state index contributed by atoms with van der Waals surface area (Å²) in [6, 6.07) is 8.28. The van der Waals surface area contributed by atoms with Crippen LogP contribution in [-0.2, 0) is 0 Å². The van der Waals surface area contributed by atoms with Gasteiger partial charge in [0.05, 0.1) is 12.6 Å². The van der Waals surface area contributed by atoms with Gasteiger partial charge < -0.3 is 15.8 Å². The Labute approximate surface area is 131 Å². The molecule has 0 fully saturated rings. The van der Waals surface area contributed by atoms with Crippen LogP contribution in [0.3, 0.4) is 0 Å². The van der Waals surface area contributed by atoms with Crippen molar-refractivity contribution in [2.75, 3.05) is 13.2 Å². The zero-order chi connectivity index (χ0) is 12.8. The Bertz CT molecular complexity index is 423. The molecular formula is C14H22IN3O. The molecule has 1 aliphatic rings. The number of aliphatic imine (C=N–C) groups is 1. The third-order valence-electron chi connectivity index (χ3n) is 3.07. The van der Waals surface area contributed by atoms with Crippen LogP contribution < -0.4 is 15.8 Å². The minimum atomic E-state index is 0. The monoisotopic (exact) mass is 375 g/mol. The summed E-state index contributed by atoms with van der Waals surface area (Å²) < 4.78 is 5.61.